The number of hydrogen-bond acceptors (Lipinski definition) is 6. The highest BCUT2D eigenvalue weighted by atomic mass is 16.3. The number of aryl methyl sites for hydroxylation is 2. The highest BCUT2D eigenvalue weighted by Crippen LogP contribution is 2.44. The van der Waals surface area contributed by atoms with Gasteiger partial charge in [0.15, 0.2) is 5.75 Å². The molecule has 0 aliphatic rings. The van der Waals surface area contributed by atoms with Crippen LogP contribution in [0.25, 0.3) is 32.6 Å². The summed E-state index contributed by atoms with van der Waals surface area (Å²) in [5, 5.41) is 27.4. The molecule has 0 saturated carbocycles. The summed E-state index contributed by atoms with van der Waals surface area (Å²) in [6.07, 6.45) is 1.46. The lowest BCUT2D eigenvalue weighted by Gasteiger charge is -2.25. The Balaban J connectivity index is 1.00. The lowest BCUT2D eigenvalue weighted by atomic mass is 9.99. The van der Waals surface area contributed by atoms with Crippen molar-refractivity contribution in [3.05, 3.63) is 193 Å². The van der Waals surface area contributed by atoms with Gasteiger partial charge in [0, 0.05) is 50.1 Å². The third-order valence-electron chi connectivity index (χ3n) is 10.3. The van der Waals surface area contributed by atoms with E-state index < -0.39 is 5.91 Å². The lowest BCUT2D eigenvalue weighted by Crippen LogP contribution is -2.14. The minimum Gasteiger partial charge on any atom is -0.505 e. The first-order valence-corrected chi connectivity index (χ1v) is 18.8. The number of amides is 1. The van der Waals surface area contributed by atoms with Gasteiger partial charge in [0.05, 0.1) is 16.8 Å². The van der Waals surface area contributed by atoms with Gasteiger partial charge in [-0.2, -0.15) is 5.11 Å². The summed E-state index contributed by atoms with van der Waals surface area (Å²) in [5.41, 5.74) is 15.2. The summed E-state index contributed by atoms with van der Waals surface area (Å²) in [5.74, 6) is -0.711. The summed E-state index contributed by atoms with van der Waals surface area (Å²) >= 11 is 0. The summed E-state index contributed by atoms with van der Waals surface area (Å²) in [6, 6.07) is 57.8. The number of nitrogens with one attached hydrogen (secondary N) is 2. The van der Waals surface area contributed by atoms with E-state index in [0.29, 0.717) is 28.9 Å². The van der Waals surface area contributed by atoms with E-state index in [2.05, 4.69) is 80.0 Å². The fraction of sp³-hybridized carbons (Fsp3) is 0.0408. The smallest absolute Gasteiger partial charge is 0.259 e. The molecule has 0 aliphatic heterocycles. The van der Waals surface area contributed by atoms with Crippen LogP contribution >= 0.6 is 0 Å². The molecule has 0 atom stereocenters. The number of carbonyl (C=O) groups is 1. The average molecular weight is 743 g/mol. The molecule has 1 aromatic heterocycles. The van der Waals surface area contributed by atoms with Crippen LogP contribution in [-0.4, -0.2) is 16.0 Å². The van der Waals surface area contributed by atoms with Crippen LogP contribution in [0.3, 0.4) is 0 Å². The van der Waals surface area contributed by atoms with Gasteiger partial charge < -0.3 is 26.0 Å². The third-order valence-corrected chi connectivity index (χ3v) is 10.3. The number of phenolic OH excluding ortho intramolecular Hbond substituents is 1. The van der Waals surface area contributed by atoms with Gasteiger partial charge in [-0.3, -0.25) is 4.79 Å². The van der Waals surface area contributed by atoms with Crippen LogP contribution < -0.4 is 16.0 Å². The maximum absolute atomic E-state index is 14.1. The SMILES string of the molecule is Nc1ccc(N=Nc2c(O)c(C(=O)Nc3ccccc3CCc3ccc(N(c4ccccc4)c4ccccc4)cc3)cc3ccc4c5ccccc5[nH]c4c23)cc1. The van der Waals surface area contributed by atoms with Crippen molar-refractivity contribution in [1.82, 2.24) is 4.98 Å². The van der Waals surface area contributed by atoms with Gasteiger partial charge in [0.2, 0.25) is 0 Å². The molecule has 1 amide bonds. The van der Waals surface area contributed by atoms with E-state index >= 15 is 0 Å². The quantitative estimate of drug-likeness (QED) is 0.0823. The van der Waals surface area contributed by atoms with Gasteiger partial charge in [-0.25, -0.2) is 0 Å². The number of aromatic nitrogens is 1. The van der Waals surface area contributed by atoms with Crippen molar-refractivity contribution in [2.75, 3.05) is 16.0 Å². The first-order chi connectivity index (χ1) is 28.0. The number of fused-ring (bicyclic) bond motifs is 5. The van der Waals surface area contributed by atoms with E-state index in [-0.39, 0.29) is 17.0 Å². The second-order valence-electron chi connectivity index (χ2n) is 14.0. The normalized spacial score (nSPS) is 11.4. The predicted molar refractivity (Wildman–Crippen MR) is 233 cm³/mol. The molecule has 8 aromatic carbocycles. The molecule has 9 aromatic rings. The highest BCUT2D eigenvalue weighted by molar-refractivity contribution is 6.22. The molecule has 8 nitrogen and oxygen atoms in total. The molecule has 0 saturated heterocycles. The Morgan fingerprint density at radius 1 is 0.649 bits per heavy atom. The molecular weight excluding hydrogens is 705 g/mol. The fourth-order valence-corrected chi connectivity index (χ4v) is 7.44. The van der Waals surface area contributed by atoms with Crippen LogP contribution in [0.2, 0.25) is 0 Å². The van der Waals surface area contributed by atoms with Gasteiger partial charge in [-0.15, -0.1) is 5.11 Å². The van der Waals surface area contributed by atoms with E-state index in [9.17, 15) is 9.90 Å². The Morgan fingerprint density at radius 3 is 2.04 bits per heavy atom. The molecular formula is C49H38N6O2. The van der Waals surface area contributed by atoms with Crippen molar-refractivity contribution in [3.8, 4) is 5.75 Å². The number of rotatable bonds is 10. The van der Waals surface area contributed by atoms with E-state index in [1.165, 1.54) is 5.56 Å². The number of aromatic amines is 1. The molecule has 0 bridgehead atoms. The van der Waals surface area contributed by atoms with Gasteiger partial charge in [-0.05, 0) is 108 Å². The van der Waals surface area contributed by atoms with Crippen LogP contribution in [0.1, 0.15) is 21.5 Å². The number of nitrogen functional groups attached to an aromatic ring is 1. The van der Waals surface area contributed by atoms with Gasteiger partial charge in [0.1, 0.15) is 5.69 Å². The Bertz CT molecular complexity index is 2870. The van der Waals surface area contributed by atoms with Crippen LogP contribution in [0.4, 0.5) is 39.8 Å². The van der Waals surface area contributed by atoms with E-state index in [4.69, 9.17) is 5.73 Å². The summed E-state index contributed by atoms with van der Waals surface area (Å²) in [6.45, 7) is 0. The zero-order valence-electron chi connectivity index (χ0n) is 30.9. The Hall–Kier alpha value is -7.71. The summed E-state index contributed by atoms with van der Waals surface area (Å²) in [4.78, 5) is 19.9. The molecule has 0 fully saturated rings. The lowest BCUT2D eigenvalue weighted by molar-refractivity contribution is 0.102. The second kappa shape index (κ2) is 15.2. The van der Waals surface area contributed by atoms with E-state index in [1.807, 2.05) is 91.0 Å². The topological polar surface area (TPSA) is 119 Å². The minimum atomic E-state index is -0.450. The molecule has 57 heavy (non-hydrogen) atoms. The molecule has 0 aliphatic carbocycles. The molecule has 1 heterocycles. The number of benzene rings is 8. The molecule has 8 heteroatoms. The summed E-state index contributed by atoms with van der Waals surface area (Å²) in [7, 11) is 0. The molecule has 5 N–H and O–H groups in total. The predicted octanol–water partition coefficient (Wildman–Crippen LogP) is 12.7. The third kappa shape index (κ3) is 7.03. The number of aromatic hydroxyl groups is 1. The maximum atomic E-state index is 14.1. The highest BCUT2D eigenvalue weighted by Gasteiger charge is 2.22. The molecule has 0 spiro atoms. The number of azo groups is 1. The molecule has 0 unspecified atom stereocenters. The monoisotopic (exact) mass is 742 g/mol. The second-order valence-corrected chi connectivity index (χ2v) is 14.0. The van der Waals surface area contributed by atoms with E-state index in [0.717, 1.165) is 56.2 Å². The van der Waals surface area contributed by atoms with Crippen LogP contribution in [-0.2, 0) is 12.8 Å². The number of nitrogens with zero attached hydrogens (tertiary/aromatic N) is 3. The van der Waals surface area contributed by atoms with Gasteiger partial charge in [-0.1, -0.05) is 97.1 Å². The minimum absolute atomic E-state index is 0.0935. The van der Waals surface area contributed by atoms with Crippen molar-refractivity contribution in [3.63, 3.8) is 0 Å². The number of phenols is 1. The van der Waals surface area contributed by atoms with Crippen LogP contribution in [0, 0.1) is 0 Å². The van der Waals surface area contributed by atoms with E-state index in [1.54, 1.807) is 30.3 Å². The Labute approximate surface area is 329 Å². The van der Waals surface area contributed by atoms with Crippen LogP contribution in [0.15, 0.2) is 186 Å². The number of nitrogens with two attached hydrogens (primary N) is 1. The van der Waals surface area contributed by atoms with Gasteiger partial charge >= 0.3 is 0 Å². The van der Waals surface area contributed by atoms with Crippen molar-refractivity contribution in [2.45, 2.75) is 12.8 Å². The van der Waals surface area contributed by atoms with Crippen molar-refractivity contribution >= 4 is 78.3 Å². The standard InChI is InChI=1S/C49H38N6O2/c50-35-24-26-36(27-25-35)53-54-47-45-34(23-30-41-40-16-8-10-18-44(40)51-46(41)45)31-42(48(47)56)49(57)52-43-17-9-7-11-33(43)22-19-32-20-28-39(29-21-32)55(37-12-3-1-4-13-37)38-14-5-2-6-15-38/h1-18,20-21,23-31,51,56H,19,22,50H2,(H,52,57). The number of hydrogen-bond donors (Lipinski definition) is 4. The average Bonchev–Trinajstić information content (AvgIpc) is 3.64. The zero-order chi connectivity index (χ0) is 38.7. The zero-order valence-corrected chi connectivity index (χ0v) is 30.9. The molecule has 0 radical (unpaired) electrons. The first-order valence-electron chi connectivity index (χ1n) is 18.8. The van der Waals surface area contributed by atoms with Crippen molar-refractivity contribution < 1.29 is 9.90 Å². The molecule has 276 valence electrons. The number of H-pyrrole nitrogens is 1. The summed E-state index contributed by atoms with van der Waals surface area (Å²) < 4.78 is 0. The Kier molecular flexibility index (Phi) is 9.34. The maximum Gasteiger partial charge on any atom is 0.259 e. The first kappa shape index (κ1) is 35.0. The number of carbonyl (C=O) groups excluding carboxylic acids is 1. The Morgan fingerprint density at radius 2 is 1.30 bits per heavy atom. The number of anilines is 5. The van der Waals surface area contributed by atoms with Crippen molar-refractivity contribution in [1.29, 1.82) is 0 Å². The fourth-order valence-electron chi connectivity index (χ4n) is 7.44. The largest absolute Gasteiger partial charge is 0.505 e. The van der Waals surface area contributed by atoms with Crippen LogP contribution in [0.5, 0.6) is 5.75 Å². The van der Waals surface area contributed by atoms with Gasteiger partial charge in [0.25, 0.3) is 5.91 Å². The molecule has 9 rings (SSSR count). The number of para-hydroxylation sites is 4. The van der Waals surface area contributed by atoms with Crippen molar-refractivity contribution in [2.24, 2.45) is 10.2 Å².